The van der Waals surface area contributed by atoms with Gasteiger partial charge in [0.05, 0.1) is 12.5 Å². The molecule has 0 aliphatic heterocycles. The van der Waals surface area contributed by atoms with Crippen LogP contribution in [-0.4, -0.2) is 17.7 Å². The van der Waals surface area contributed by atoms with Crippen molar-refractivity contribution < 1.29 is 14.6 Å². The summed E-state index contributed by atoms with van der Waals surface area (Å²) in [5.74, 6) is -0.577. The van der Waals surface area contributed by atoms with Crippen LogP contribution in [-0.2, 0) is 4.79 Å². The number of benzene rings is 2. The van der Waals surface area contributed by atoms with E-state index < -0.39 is 11.9 Å². The van der Waals surface area contributed by atoms with Crippen molar-refractivity contribution in [2.24, 2.45) is 0 Å². The highest BCUT2D eigenvalue weighted by Crippen LogP contribution is 2.24. The average molecular weight is 319 g/mol. The second-order valence-electron chi connectivity index (χ2n) is 5.25. The monoisotopic (exact) mass is 318 g/mol. The van der Waals surface area contributed by atoms with Crippen molar-refractivity contribution in [3.63, 3.8) is 0 Å². The third-order valence-corrected chi connectivity index (χ3v) is 3.68. The Morgan fingerprint density at radius 1 is 1.23 bits per heavy atom. The van der Waals surface area contributed by atoms with E-state index in [1.165, 1.54) is 0 Å². The summed E-state index contributed by atoms with van der Waals surface area (Å²) < 4.78 is 5.66. The third-order valence-electron chi connectivity index (χ3n) is 3.44. The van der Waals surface area contributed by atoms with E-state index in [-0.39, 0.29) is 0 Å². The molecule has 0 fully saturated rings. The Balaban J connectivity index is 1.89. The Morgan fingerprint density at radius 3 is 2.68 bits per heavy atom. The molecular weight excluding hydrogens is 300 g/mol. The summed E-state index contributed by atoms with van der Waals surface area (Å²) >= 11 is 5.93. The van der Waals surface area contributed by atoms with Crippen LogP contribution in [0.3, 0.4) is 0 Å². The van der Waals surface area contributed by atoms with E-state index in [1.807, 2.05) is 31.2 Å². The number of carbonyl (C=O) groups is 1. The van der Waals surface area contributed by atoms with Crippen molar-refractivity contribution in [2.45, 2.75) is 25.7 Å². The number of halogens is 1. The number of aryl methyl sites for hydroxylation is 1. The number of hydrogen-bond acceptors (Lipinski definition) is 2. The van der Waals surface area contributed by atoms with Gasteiger partial charge in [-0.25, -0.2) is 0 Å². The first-order valence-electron chi connectivity index (χ1n) is 7.24. The second kappa shape index (κ2) is 7.85. The van der Waals surface area contributed by atoms with Gasteiger partial charge in [0, 0.05) is 5.02 Å². The minimum atomic E-state index is -0.835. The van der Waals surface area contributed by atoms with Gasteiger partial charge in [-0.3, -0.25) is 4.79 Å². The van der Waals surface area contributed by atoms with E-state index >= 15 is 0 Å². The quantitative estimate of drug-likeness (QED) is 0.754. The van der Waals surface area contributed by atoms with Crippen molar-refractivity contribution in [1.82, 2.24) is 0 Å². The first-order valence-corrected chi connectivity index (χ1v) is 7.62. The van der Waals surface area contributed by atoms with E-state index in [0.717, 1.165) is 16.9 Å². The van der Waals surface area contributed by atoms with Gasteiger partial charge in [0.2, 0.25) is 0 Å². The first kappa shape index (κ1) is 16.4. The third kappa shape index (κ3) is 4.78. The van der Waals surface area contributed by atoms with Gasteiger partial charge in [-0.05, 0) is 55.2 Å². The predicted molar refractivity (Wildman–Crippen MR) is 87.7 cm³/mol. The Kier molecular flexibility index (Phi) is 5.84. The van der Waals surface area contributed by atoms with E-state index in [2.05, 4.69) is 0 Å². The van der Waals surface area contributed by atoms with E-state index in [1.54, 1.807) is 24.3 Å². The molecule has 0 radical (unpaired) electrons. The summed E-state index contributed by atoms with van der Waals surface area (Å²) in [6.45, 7) is 2.50. The molecule has 2 aromatic rings. The lowest BCUT2D eigenvalue weighted by Gasteiger charge is -2.13. The molecule has 1 atom stereocenters. The zero-order chi connectivity index (χ0) is 15.9. The Labute approximate surface area is 135 Å². The molecule has 0 spiro atoms. The zero-order valence-electron chi connectivity index (χ0n) is 12.5. The maximum absolute atomic E-state index is 11.4. The van der Waals surface area contributed by atoms with Crippen LogP contribution in [0.15, 0.2) is 48.5 Å². The van der Waals surface area contributed by atoms with E-state index in [4.69, 9.17) is 16.3 Å². The molecule has 0 saturated heterocycles. The van der Waals surface area contributed by atoms with Gasteiger partial charge in [-0.2, -0.15) is 0 Å². The predicted octanol–water partition coefficient (Wildman–Crippen LogP) is 4.68. The molecular formula is C18H19ClO3. The molecule has 0 aliphatic carbocycles. The van der Waals surface area contributed by atoms with Crippen LogP contribution in [0.25, 0.3) is 0 Å². The van der Waals surface area contributed by atoms with Crippen molar-refractivity contribution in [2.75, 3.05) is 6.61 Å². The van der Waals surface area contributed by atoms with Crippen molar-refractivity contribution in [3.8, 4) is 5.75 Å². The molecule has 1 unspecified atom stereocenters. The van der Waals surface area contributed by atoms with Crippen LogP contribution in [0.2, 0.25) is 5.02 Å². The van der Waals surface area contributed by atoms with E-state index in [0.29, 0.717) is 24.5 Å². The van der Waals surface area contributed by atoms with Crippen molar-refractivity contribution >= 4 is 17.6 Å². The molecule has 0 bridgehead atoms. The number of ether oxygens (including phenoxy) is 1. The highest BCUT2D eigenvalue weighted by Gasteiger charge is 2.19. The lowest BCUT2D eigenvalue weighted by molar-refractivity contribution is -0.139. The van der Waals surface area contributed by atoms with E-state index in [9.17, 15) is 9.90 Å². The zero-order valence-corrected chi connectivity index (χ0v) is 13.2. The van der Waals surface area contributed by atoms with Crippen molar-refractivity contribution in [3.05, 3.63) is 64.7 Å². The summed E-state index contributed by atoms with van der Waals surface area (Å²) in [6, 6.07) is 14.8. The smallest absolute Gasteiger partial charge is 0.310 e. The summed E-state index contributed by atoms with van der Waals surface area (Å²) in [4.78, 5) is 11.4. The molecule has 0 saturated carbocycles. The molecule has 1 N–H and O–H groups in total. The van der Waals surface area contributed by atoms with Crippen molar-refractivity contribution in [1.29, 1.82) is 0 Å². The SMILES string of the molecule is Cc1cccc(OCCCC(C(=O)O)c2cccc(Cl)c2)c1. The molecule has 0 aromatic heterocycles. The number of aliphatic carboxylic acids is 1. The van der Waals surface area contributed by atoms with Crippen LogP contribution in [0.4, 0.5) is 0 Å². The van der Waals surface area contributed by atoms with Crippen LogP contribution < -0.4 is 4.74 Å². The Hall–Kier alpha value is -2.00. The fraction of sp³-hybridized carbons (Fsp3) is 0.278. The molecule has 116 valence electrons. The maximum Gasteiger partial charge on any atom is 0.310 e. The second-order valence-corrected chi connectivity index (χ2v) is 5.69. The fourth-order valence-electron chi connectivity index (χ4n) is 2.34. The minimum absolute atomic E-state index is 0.494. The first-order chi connectivity index (χ1) is 10.6. The largest absolute Gasteiger partial charge is 0.494 e. The summed E-state index contributed by atoms with van der Waals surface area (Å²) in [5.41, 5.74) is 1.87. The molecule has 2 rings (SSSR count). The summed E-state index contributed by atoms with van der Waals surface area (Å²) in [7, 11) is 0. The average Bonchev–Trinajstić information content (AvgIpc) is 2.47. The highest BCUT2D eigenvalue weighted by molar-refractivity contribution is 6.30. The molecule has 4 heteroatoms. The standard InChI is InChI=1S/C18H19ClO3/c1-13-5-2-8-16(11-13)22-10-4-9-17(18(20)21)14-6-3-7-15(19)12-14/h2-3,5-8,11-12,17H,4,9-10H2,1H3,(H,20,21). The Morgan fingerprint density at radius 2 is 2.00 bits per heavy atom. The van der Waals surface area contributed by atoms with Crippen LogP contribution >= 0.6 is 11.6 Å². The van der Waals surface area contributed by atoms with Gasteiger partial charge in [0.1, 0.15) is 5.75 Å². The molecule has 0 aliphatic rings. The molecule has 2 aromatic carbocycles. The number of rotatable bonds is 7. The molecule has 0 heterocycles. The van der Waals surface area contributed by atoms with Crippen LogP contribution in [0, 0.1) is 6.92 Å². The fourth-order valence-corrected chi connectivity index (χ4v) is 2.54. The lowest BCUT2D eigenvalue weighted by atomic mass is 9.94. The van der Waals surface area contributed by atoms with Gasteiger partial charge >= 0.3 is 5.97 Å². The lowest BCUT2D eigenvalue weighted by Crippen LogP contribution is -2.13. The van der Waals surface area contributed by atoms with Crippen LogP contribution in [0.1, 0.15) is 29.9 Å². The summed E-state index contributed by atoms with van der Waals surface area (Å²) in [5, 5.41) is 9.94. The Bertz CT molecular complexity index is 640. The molecule has 22 heavy (non-hydrogen) atoms. The van der Waals surface area contributed by atoms with Gasteiger partial charge in [0.15, 0.2) is 0 Å². The summed E-state index contributed by atoms with van der Waals surface area (Å²) in [6.07, 6.45) is 1.18. The normalized spacial score (nSPS) is 11.9. The number of carboxylic acid groups (broad SMARTS) is 1. The molecule has 3 nitrogen and oxygen atoms in total. The van der Waals surface area contributed by atoms with Crippen LogP contribution in [0.5, 0.6) is 5.75 Å². The van der Waals surface area contributed by atoms with Gasteiger partial charge in [0.25, 0.3) is 0 Å². The van der Waals surface area contributed by atoms with Gasteiger partial charge in [-0.1, -0.05) is 35.9 Å². The van der Waals surface area contributed by atoms with Gasteiger partial charge < -0.3 is 9.84 Å². The van der Waals surface area contributed by atoms with Gasteiger partial charge in [-0.15, -0.1) is 0 Å². The minimum Gasteiger partial charge on any atom is -0.494 e. The topological polar surface area (TPSA) is 46.5 Å². The maximum atomic E-state index is 11.4. The highest BCUT2D eigenvalue weighted by atomic mass is 35.5. The number of hydrogen-bond donors (Lipinski definition) is 1. The molecule has 0 amide bonds. The number of carboxylic acids is 1.